The molecular formula is C17H19ClN4O. The molecule has 0 bridgehead atoms. The van der Waals surface area contributed by atoms with Gasteiger partial charge in [0.15, 0.2) is 0 Å². The van der Waals surface area contributed by atoms with Gasteiger partial charge in [0, 0.05) is 19.3 Å². The second-order valence-corrected chi connectivity index (χ2v) is 5.98. The molecule has 1 aliphatic heterocycles. The topological polar surface area (TPSA) is 58.1 Å². The summed E-state index contributed by atoms with van der Waals surface area (Å²) in [6.07, 6.45) is 6.08. The van der Waals surface area contributed by atoms with Crippen LogP contribution in [0.15, 0.2) is 36.5 Å². The van der Waals surface area contributed by atoms with Gasteiger partial charge in [0.1, 0.15) is 5.69 Å². The van der Waals surface area contributed by atoms with Gasteiger partial charge in [-0.3, -0.25) is 4.79 Å². The van der Waals surface area contributed by atoms with Crippen LogP contribution in [-0.2, 0) is 0 Å². The zero-order valence-corrected chi connectivity index (χ0v) is 13.6. The number of nitrogens with one attached hydrogen (secondary N) is 1. The molecule has 2 aromatic rings. The number of hydrogen-bond acceptors (Lipinski definition) is 4. The zero-order chi connectivity index (χ0) is 16.1. The highest BCUT2D eigenvalue weighted by molar-refractivity contribution is 6.33. The molecule has 1 aliphatic rings. The van der Waals surface area contributed by atoms with Crippen LogP contribution in [0.25, 0.3) is 0 Å². The standard InChI is InChI=1S/C17H19ClN4O/c18-13-7-3-4-8-14(13)20-17-19-10-9-15(21-17)16(23)22-11-5-1-2-6-12-22/h3-4,7-10H,1-2,5-6,11-12H2,(H,19,20,21). The summed E-state index contributed by atoms with van der Waals surface area (Å²) >= 11 is 6.12. The van der Waals surface area contributed by atoms with Gasteiger partial charge in [-0.05, 0) is 31.0 Å². The van der Waals surface area contributed by atoms with Crippen molar-refractivity contribution in [1.29, 1.82) is 0 Å². The molecule has 0 aliphatic carbocycles. The van der Waals surface area contributed by atoms with E-state index in [1.54, 1.807) is 18.3 Å². The van der Waals surface area contributed by atoms with Gasteiger partial charge in [-0.1, -0.05) is 36.6 Å². The molecule has 1 aromatic heterocycles. The van der Waals surface area contributed by atoms with Gasteiger partial charge < -0.3 is 10.2 Å². The second kappa shape index (κ2) is 7.42. The molecule has 23 heavy (non-hydrogen) atoms. The highest BCUT2D eigenvalue weighted by Gasteiger charge is 2.19. The fourth-order valence-corrected chi connectivity index (χ4v) is 2.84. The summed E-state index contributed by atoms with van der Waals surface area (Å²) in [6, 6.07) is 9.02. The summed E-state index contributed by atoms with van der Waals surface area (Å²) in [5, 5.41) is 3.64. The fourth-order valence-electron chi connectivity index (χ4n) is 2.66. The maximum absolute atomic E-state index is 12.6. The number of amides is 1. The summed E-state index contributed by atoms with van der Waals surface area (Å²) < 4.78 is 0. The van der Waals surface area contributed by atoms with E-state index in [1.807, 2.05) is 23.1 Å². The maximum atomic E-state index is 12.6. The molecule has 2 heterocycles. The van der Waals surface area contributed by atoms with Crippen LogP contribution < -0.4 is 5.32 Å². The Hall–Kier alpha value is -2.14. The zero-order valence-electron chi connectivity index (χ0n) is 12.8. The average molecular weight is 331 g/mol. The average Bonchev–Trinajstić information content (AvgIpc) is 2.86. The van der Waals surface area contributed by atoms with Crippen LogP contribution in [0.4, 0.5) is 11.6 Å². The van der Waals surface area contributed by atoms with E-state index in [0.717, 1.165) is 25.9 Å². The van der Waals surface area contributed by atoms with Crippen molar-refractivity contribution < 1.29 is 4.79 Å². The molecule has 6 heteroatoms. The van der Waals surface area contributed by atoms with Crippen LogP contribution in [0, 0.1) is 0 Å². The summed E-state index contributed by atoms with van der Waals surface area (Å²) in [7, 11) is 0. The molecule has 5 nitrogen and oxygen atoms in total. The lowest BCUT2D eigenvalue weighted by Crippen LogP contribution is -2.32. The molecule has 1 saturated heterocycles. The van der Waals surface area contributed by atoms with E-state index >= 15 is 0 Å². The first-order valence-electron chi connectivity index (χ1n) is 7.88. The molecule has 0 atom stereocenters. The molecule has 0 spiro atoms. The first kappa shape index (κ1) is 15.7. The van der Waals surface area contributed by atoms with Crippen molar-refractivity contribution in [2.45, 2.75) is 25.7 Å². The summed E-state index contributed by atoms with van der Waals surface area (Å²) in [4.78, 5) is 23.0. The third kappa shape index (κ3) is 3.99. The number of para-hydroxylation sites is 1. The van der Waals surface area contributed by atoms with Crippen LogP contribution in [0.1, 0.15) is 36.2 Å². The lowest BCUT2D eigenvalue weighted by molar-refractivity contribution is 0.0755. The molecule has 1 N–H and O–H groups in total. The minimum Gasteiger partial charge on any atom is -0.337 e. The maximum Gasteiger partial charge on any atom is 0.272 e. The summed E-state index contributed by atoms with van der Waals surface area (Å²) in [6.45, 7) is 1.60. The predicted molar refractivity (Wildman–Crippen MR) is 91.1 cm³/mol. The van der Waals surface area contributed by atoms with Crippen molar-refractivity contribution in [2.75, 3.05) is 18.4 Å². The Labute approximate surface area is 140 Å². The Morgan fingerprint density at radius 2 is 1.83 bits per heavy atom. The molecule has 0 radical (unpaired) electrons. The fraction of sp³-hybridized carbons (Fsp3) is 0.353. The number of nitrogens with zero attached hydrogens (tertiary/aromatic N) is 3. The number of carbonyl (C=O) groups excluding carboxylic acids is 1. The van der Waals surface area contributed by atoms with Crippen molar-refractivity contribution in [1.82, 2.24) is 14.9 Å². The lowest BCUT2D eigenvalue weighted by Gasteiger charge is -2.19. The van der Waals surface area contributed by atoms with Crippen LogP contribution in [0.5, 0.6) is 0 Å². The molecule has 120 valence electrons. The number of rotatable bonds is 3. The third-order valence-electron chi connectivity index (χ3n) is 3.89. The van der Waals surface area contributed by atoms with Crippen LogP contribution in [0.2, 0.25) is 5.02 Å². The normalized spacial score (nSPS) is 15.1. The largest absolute Gasteiger partial charge is 0.337 e. The van der Waals surface area contributed by atoms with E-state index in [0.29, 0.717) is 22.4 Å². The smallest absolute Gasteiger partial charge is 0.272 e. The van der Waals surface area contributed by atoms with Crippen LogP contribution >= 0.6 is 11.6 Å². The molecule has 0 saturated carbocycles. The van der Waals surface area contributed by atoms with E-state index in [1.165, 1.54) is 12.8 Å². The molecule has 3 rings (SSSR count). The van der Waals surface area contributed by atoms with Crippen LogP contribution in [-0.4, -0.2) is 33.9 Å². The predicted octanol–water partition coefficient (Wildman–Crippen LogP) is 3.89. The first-order valence-corrected chi connectivity index (χ1v) is 8.26. The van der Waals surface area contributed by atoms with E-state index in [-0.39, 0.29) is 5.91 Å². The Morgan fingerprint density at radius 1 is 1.09 bits per heavy atom. The third-order valence-corrected chi connectivity index (χ3v) is 4.22. The minimum absolute atomic E-state index is 0.0310. The molecule has 0 unspecified atom stereocenters. The van der Waals surface area contributed by atoms with Crippen molar-refractivity contribution in [3.63, 3.8) is 0 Å². The van der Waals surface area contributed by atoms with Crippen molar-refractivity contribution in [3.8, 4) is 0 Å². The molecule has 1 aromatic carbocycles. The number of likely N-dealkylation sites (tertiary alicyclic amines) is 1. The Bertz CT molecular complexity index is 684. The van der Waals surface area contributed by atoms with Gasteiger partial charge in [-0.15, -0.1) is 0 Å². The molecule has 1 amide bonds. The highest BCUT2D eigenvalue weighted by Crippen LogP contribution is 2.23. The van der Waals surface area contributed by atoms with Gasteiger partial charge in [0.05, 0.1) is 10.7 Å². The Balaban J connectivity index is 1.76. The quantitative estimate of drug-likeness (QED) is 0.927. The van der Waals surface area contributed by atoms with Gasteiger partial charge >= 0.3 is 0 Å². The lowest BCUT2D eigenvalue weighted by atomic mass is 10.2. The van der Waals surface area contributed by atoms with Crippen molar-refractivity contribution in [3.05, 3.63) is 47.2 Å². The summed E-state index contributed by atoms with van der Waals surface area (Å²) in [5.74, 6) is 0.343. The van der Waals surface area contributed by atoms with Crippen LogP contribution in [0.3, 0.4) is 0 Å². The number of aromatic nitrogens is 2. The van der Waals surface area contributed by atoms with E-state index in [9.17, 15) is 4.79 Å². The van der Waals surface area contributed by atoms with E-state index < -0.39 is 0 Å². The Kier molecular flexibility index (Phi) is 5.08. The monoisotopic (exact) mass is 330 g/mol. The first-order chi connectivity index (χ1) is 11.2. The number of benzene rings is 1. The van der Waals surface area contributed by atoms with Gasteiger partial charge in [0.2, 0.25) is 5.95 Å². The SMILES string of the molecule is O=C(c1ccnc(Nc2ccccc2Cl)n1)N1CCCCCC1. The number of anilines is 2. The van der Waals surface area contributed by atoms with Gasteiger partial charge in [0.25, 0.3) is 5.91 Å². The molecular weight excluding hydrogens is 312 g/mol. The minimum atomic E-state index is -0.0310. The Morgan fingerprint density at radius 3 is 2.57 bits per heavy atom. The van der Waals surface area contributed by atoms with Crippen molar-refractivity contribution in [2.24, 2.45) is 0 Å². The number of hydrogen-bond donors (Lipinski definition) is 1. The summed E-state index contributed by atoms with van der Waals surface area (Å²) in [5.41, 5.74) is 1.13. The van der Waals surface area contributed by atoms with Crippen molar-refractivity contribution >= 4 is 29.1 Å². The van der Waals surface area contributed by atoms with E-state index in [2.05, 4.69) is 15.3 Å². The van der Waals surface area contributed by atoms with Gasteiger partial charge in [-0.25, -0.2) is 9.97 Å². The second-order valence-electron chi connectivity index (χ2n) is 5.58. The molecule has 1 fully saturated rings. The van der Waals surface area contributed by atoms with E-state index in [4.69, 9.17) is 11.6 Å². The highest BCUT2D eigenvalue weighted by atomic mass is 35.5. The number of carbonyl (C=O) groups is 1. The van der Waals surface area contributed by atoms with Gasteiger partial charge in [-0.2, -0.15) is 0 Å². The number of halogens is 1.